The molecule has 8 nitrogen and oxygen atoms in total. The first kappa shape index (κ1) is 18.9. The number of aliphatic hydroxyl groups is 1. The van der Waals surface area contributed by atoms with E-state index in [-0.39, 0.29) is 23.7 Å². The molecular weight excluding hydrogens is 380 g/mol. The summed E-state index contributed by atoms with van der Waals surface area (Å²) in [6, 6.07) is 9.91. The number of methoxy groups -OCH3 is 3. The zero-order valence-corrected chi connectivity index (χ0v) is 16.1. The Morgan fingerprint density at radius 2 is 1.66 bits per heavy atom. The molecule has 0 aliphatic carbocycles. The van der Waals surface area contributed by atoms with Crippen LogP contribution in [0.4, 0.5) is 0 Å². The van der Waals surface area contributed by atoms with Crippen LogP contribution >= 0.6 is 0 Å². The maximum absolute atomic E-state index is 11.8. The number of hydrogen-bond donors (Lipinski definition) is 1. The van der Waals surface area contributed by atoms with Crippen LogP contribution in [0.1, 0.15) is 11.7 Å². The number of hydrogen-bond acceptors (Lipinski definition) is 8. The fraction of sp³-hybridized carbons (Fsp3) is 0.286. The van der Waals surface area contributed by atoms with Crippen LogP contribution in [-0.2, 0) is 0 Å². The number of aliphatic hydroxyl groups excluding tert-OH is 1. The molecule has 0 unspecified atom stereocenters. The van der Waals surface area contributed by atoms with Crippen molar-refractivity contribution in [2.45, 2.75) is 12.2 Å². The van der Waals surface area contributed by atoms with Gasteiger partial charge in [0, 0.05) is 17.0 Å². The SMILES string of the molecule is COc1ccc([C@H]2Oc3c(c(OC)cc4ccc(=O)oc34)O[C@@H]2CO)cc1OC. The zero-order chi connectivity index (χ0) is 20.5. The maximum atomic E-state index is 11.8. The van der Waals surface area contributed by atoms with Gasteiger partial charge in [-0.15, -0.1) is 0 Å². The Morgan fingerprint density at radius 1 is 0.897 bits per heavy atom. The first-order valence-electron chi connectivity index (χ1n) is 8.90. The van der Waals surface area contributed by atoms with Crippen LogP contribution in [0.15, 0.2) is 45.6 Å². The Kier molecular flexibility index (Phi) is 4.94. The molecule has 152 valence electrons. The Bertz CT molecular complexity index is 1100. The van der Waals surface area contributed by atoms with Gasteiger partial charge in [-0.05, 0) is 24.3 Å². The molecule has 0 fully saturated rings. The summed E-state index contributed by atoms with van der Waals surface area (Å²) in [5.41, 5.74) is 0.428. The van der Waals surface area contributed by atoms with Crippen molar-refractivity contribution in [2.24, 2.45) is 0 Å². The Balaban J connectivity index is 1.87. The van der Waals surface area contributed by atoms with Gasteiger partial charge in [-0.2, -0.15) is 0 Å². The summed E-state index contributed by atoms with van der Waals surface area (Å²) in [6.45, 7) is -0.307. The molecule has 4 rings (SSSR count). The number of fused-ring (bicyclic) bond motifs is 3. The molecule has 0 radical (unpaired) electrons. The molecule has 2 atom stereocenters. The van der Waals surface area contributed by atoms with Crippen LogP contribution in [0, 0.1) is 0 Å². The molecule has 0 amide bonds. The van der Waals surface area contributed by atoms with Gasteiger partial charge in [-0.3, -0.25) is 0 Å². The maximum Gasteiger partial charge on any atom is 0.336 e. The van der Waals surface area contributed by atoms with E-state index in [2.05, 4.69) is 0 Å². The fourth-order valence-corrected chi connectivity index (χ4v) is 3.37. The lowest BCUT2D eigenvalue weighted by Crippen LogP contribution is -2.36. The lowest BCUT2D eigenvalue weighted by Gasteiger charge is -2.34. The second-order valence-electron chi connectivity index (χ2n) is 6.40. The number of benzene rings is 2. The second-order valence-corrected chi connectivity index (χ2v) is 6.40. The average molecular weight is 400 g/mol. The molecule has 0 spiro atoms. The summed E-state index contributed by atoms with van der Waals surface area (Å²) >= 11 is 0. The van der Waals surface area contributed by atoms with E-state index < -0.39 is 17.8 Å². The van der Waals surface area contributed by atoms with Crippen molar-refractivity contribution >= 4 is 11.0 Å². The van der Waals surface area contributed by atoms with E-state index in [1.807, 2.05) is 0 Å². The molecule has 2 heterocycles. The molecule has 3 aromatic rings. The smallest absolute Gasteiger partial charge is 0.336 e. The highest BCUT2D eigenvalue weighted by Crippen LogP contribution is 2.49. The van der Waals surface area contributed by atoms with Crippen LogP contribution in [0.2, 0.25) is 0 Å². The molecule has 8 heteroatoms. The van der Waals surface area contributed by atoms with Gasteiger partial charge in [-0.1, -0.05) is 6.07 Å². The number of rotatable bonds is 5. The van der Waals surface area contributed by atoms with Crippen molar-refractivity contribution in [1.82, 2.24) is 0 Å². The minimum absolute atomic E-state index is 0.238. The van der Waals surface area contributed by atoms with Crippen molar-refractivity contribution in [2.75, 3.05) is 27.9 Å². The first-order valence-corrected chi connectivity index (χ1v) is 8.90. The van der Waals surface area contributed by atoms with E-state index >= 15 is 0 Å². The quantitative estimate of drug-likeness (QED) is 0.653. The summed E-state index contributed by atoms with van der Waals surface area (Å²) in [5.74, 6) is 1.99. The molecule has 1 N–H and O–H groups in total. The topological polar surface area (TPSA) is 96.6 Å². The predicted octanol–water partition coefficient (Wildman–Crippen LogP) is 2.69. The third-order valence-corrected chi connectivity index (χ3v) is 4.77. The van der Waals surface area contributed by atoms with Gasteiger partial charge < -0.3 is 33.2 Å². The molecule has 0 bridgehead atoms. The van der Waals surface area contributed by atoms with Gasteiger partial charge in [0.25, 0.3) is 0 Å². The van der Waals surface area contributed by atoms with Crippen molar-refractivity contribution in [3.8, 4) is 28.7 Å². The molecule has 0 saturated carbocycles. The molecule has 1 aliphatic rings. The van der Waals surface area contributed by atoms with Crippen molar-refractivity contribution in [3.05, 3.63) is 52.4 Å². The minimum Gasteiger partial charge on any atom is -0.493 e. The molecule has 1 aliphatic heterocycles. The van der Waals surface area contributed by atoms with Crippen LogP contribution < -0.4 is 29.3 Å². The summed E-state index contributed by atoms with van der Waals surface area (Å²) in [6.07, 6.45) is -1.41. The highest BCUT2D eigenvalue weighted by atomic mass is 16.6. The fourth-order valence-electron chi connectivity index (χ4n) is 3.37. The summed E-state index contributed by atoms with van der Waals surface area (Å²) in [5, 5.41) is 10.5. The van der Waals surface area contributed by atoms with E-state index in [9.17, 15) is 9.90 Å². The predicted molar refractivity (Wildman–Crippen MR) is 103 cm³/mol. The lowest BCUT2D eigenvalue weighted by molar-refractivity contribution is -0.0137. The standard InChI is InChI=1S/C21H20O8/c1-24-13-6-4-11(8-14(13)25-2)18-16(10-22)27-20-15(26-3)9-12-5-7-17(23)28-19(12)21(20)29-18/h4-9,16,18,22H,10H2,1-3H3/t16-,18-/m1/s1. The van der Waals surface area contributed by atoms with E-state index in [4.69, 9.17) is 28.1 Å². The lowest BCUT2D eigenvalue weighted by atomic mass is 10.0. The molecular formula is C21H20O8. The van der Waals surface area contributed by atoms with Gasteiger partial charge in [0.15, 0.2) is 35.0 Å². The largest absolute Gasteiger partial charge is 0.493 e. The van der Waals surface area contributed by atoms with Gasteiger partial charge >= 0.3 is 5.63 Å². The minimum atomic E-state index is -0.720. The van der Waals surface area contributed by atoms with Gasteiger partial charge in [-0.25, -0.2) is 4.79 Å². The highest BCUT2D eigenvalue weighted by molar-refractivity contribution is 5.88. The van der Waals surface area contributed by atoms with Crippen LogP contribution in [-0.4, -0.2) is 39.1 Å². The van der Waals surface area contributed by atoms with Crippen molar-refractivity contribution < 1.29 is 33.2 Å². The van der Waals surface area contributed by atoms with Crippen molar-refractivity contribution in [1.29, 1.82) is 0 Å². The average Bonchev–Trinajstić information content (AvgIpc) is 2.77. The van der Waals surface area contributed by atoms with Crippen LogP contribution in [0.5, 0.6) is 28.7 Å². The normalized spacial score (nSPS) is 17.8. The first-order chi connectivity index (χ1) is 14.1. The van der Waals surface area contributed by atoms with E-state index in [1.54, 1.807) is 37.4 Å². The van der Waals surface area contributed by atoms with E-state index in [1.165, 1.54) is 20.3 Å². The van der Waals surface area contributed by atoms with Crippen LogP contribution in [0.25, 0.3) is 11.0 Å². The summed E-state index contributed by atoms with van der Waals surface area (Å²) in [7, 11) is 4.58. The third-order valence-electron chi connectivity index (χ3n) is 4.77. The van der Waals surface area contributed by atoms with Gasteiger partial charge in [0.05, 0.1) is 27.9 Å². The highest BCUT2D eigenvalue weighted by Gasteiger charge is 2.37. The van der Waals surface area contributed by atoms with Gasteiger partial charge in [0.1, 0.15) is 0 Å². The Hall–Kier alpha value is -3.39. The third kappa shape index (κ3) is 3.21. The summed E-state index contributed by atoms with van der Waals surface area (Å²) in [4.78, 5) is 11.8. The molecule has 1 aromatic heterocycles. The number of ether oxygens (including phenoxy) is 5. The Morgan fingerprint density at radius 3 is 2.34 bits per heavy atom. The monoisotopic (exact) mass is 400 g/mol. The van der Waals surface area contributed by atoms with Gasteiger partial charge in [0.2, 0.25) is 11.5 Å². The van der Waals surface area contributed by atoms with E-state index in [0.717, 1.165) is 0 Å². The van der Waals surface area contributed by atoms with Crippen LogP contribution in [0.3, 0.4) is 0 Å². The summed E-state index contributed by atoms with van der Waals surface area (Å²) < 4.78 is 33.6. The molecule has 0 saturated heterocycles. The second kappa shape index (κ2) is 7.56. The molecule has 29 heavy (non-hydrogen) atoms. The molecule has 2 aromatic carbocycles. The Labute approximate surface area is 166 Å². The zero-order valence-electron chi connectivity index (χ0n) is 16.1. The van der Waals surface area contributed by atoms with Crippen molar-refractivity contribution in [3.63, 3.8) is 0 Å². The van der Waals surface area contributed by atoms with E-state index in [0.29, 0.717) is 28.2 Å².